The summed E-state index contributed by atoms with van der Waals surface area (Å²) in [7, 11) is 2.61. The van der Waals surface area contributed by atoms with E-state index in [-0.39, 0.29) is 47.6 Å². The Balaban J connectivity index is 1.10. The fourth-order valence-electron chi connectivity index (χ4n) is 10.5. The molecule has 4 amide bonds. The maximum atomic E-state index is 14.0. The number of H-pyrrole nitrogens is 2. The van der Waals surface area contributed by atoms with Gasteiger partial charge in [-0.15, -0.1) is 0 Å². The molecule has 2 bridgehead atoms. The van der Waals surface area contributed by atoms with Crippen LogP contribution in [0.1, 0.15) is 127 Å². The Labute approximate surface area is 352 Å². The predicted octanol–water partition coefficient (Wildman–Crippen LogP) is 7.96. The number of aromatic amines is 2. The van der Waals surface area contributed by atoms with Crippen molar-refractivity contribution < 1.29 is 28.7 Å². The standard InChI is InChI=1S/C46H60N8O6/c1-23(2)39(51-45(57)59-7)43(55)53-21-25(5)17-35(53)41-47-20-34(50-41)31-15-14-30(37-27-9-11-28(12-10-27)38(31)37)29-13-16-32-33(19-29)49-42(48-32)36-18-26(6)22-54(36)44(56)40(24(3)4)52-46(58)60-8/h13-16,19-20,23-28,35-36,39-40H,9-12,17-18,21-22H2,1-8H3,(H,47,50)(H,48,49)(H,51,57)(H,52,58)/t25-,26-,27?,28?,35-,36-,39-,40+/m0/s1. The second kappa shape index (κ2) is 16.6. The number of amides is 4. The summed E-state index contributed by atoms with van der Waals surface area (Å²) < 4.78 is 9.67. The molecule has 2 saturated heterocycles. The maximum absolute atomic E-state index is 14.0. The van der Waals surface area contributed by atoms with Gasteiger partial charge >= 0.3 is 12.2 Å². The van der Waals surface area contributed by atoms with E-state index in [1.165, 1.54) is 49.3 Å². The summed E-state index contributed by atoms with van der Waals surface area (Å²) in [6.45, 7) is 13.2. The number of aromatic nitrogens is 4. The van der Waals surface area contributed by atoms with Crippen LogP contribution >= 0.6 is 0 Å². The predicted molar refractivity (Wildman–Crippen MR) is 228 cm³/mol. The zero-order valence-electron chi connectivity index (χ0n) is 36.1. The van der Waals surface area contributed by atoms with Gasteiger partial charge in [0, 0.05) is 18.7 Å². The molecule has 3 aliphatic carbocycles. The van der Waals surface area contributed by atoms with Gasteiger partial charge in [-0.3, -0.25) is 9.59 Å². The van der Waals surface area contributed by atoms with Crippen LogP contribution in [0.3, 0.4) is 0 Å². The summed E-state index contributed by atoms with van der Waals surface area (Å²) in [5, 5.41) is 5.51. The Morgan fingerprint density at radius 2 is 1.23 bits per heavy atom. The minimum atomic E-state index is -0.705. The van der Waals surface area contributed by atoms with E-state index in [1.807, 2.05) is 43.7 Å². The summed E-state index contributed by atoms with van der Waals surface area (Å²) in [5.41, 5.74) is 9.09. The van der Waals surface area contributed by atoms with Gasteiger partial charge < -0.3 is 39.9 Å². The highest BCUT2D eigenvalue weighted by Crippen LogP contribution is 2.55. The molecular formula is C46H60N8O6. The topological polar surface area (TPSA) is 175 Å². The minimum absolute atomic E-state index is 0.116. The fourth-order valence-corrected chi connectivity index (χ4v) is 10.5. The van der Waals surface area contributed by atoms with Gasteiger partial charge in [0.05, 0.1) is 49.2 Å². The third kappa shape index (κ3) is 7.62. The molecule has 14 nitrogen and oxygen atoms in total. The van der Waals surface area contributed by atoms with Crippen molar-refractivity contribution in [2.45, 2.75) is 116 Å². The Kier molecular flexibility index (Phi) is 11.4. The number of hydrogen-bond acceptors (Lipinski definition) is 8. The van der Waals surface area contributed by atoms with E-state index in [0.29, 0.717) is 24.9 Å². The van der Waals surface area contributed by atoms with Gasteiger partial charge in [0.15, 0.2) is 0 Å². The maximum Gasteiger partial charge on any atom is 0.407 e. The van der Waals surface area contributed by atoms with Crippen LogP contribution in [-0.2, 0) is 19.1 Å². The lowest BCUT2D eigenvalue weighted by atomic mass is 9.64. The second-order valence-electron chi connectivity index (χ2n) is 18.5. The number of fused-ring (bicyclic) bond motifs is 3. The Morgan fingerprint density at radius 1 is 0.717 bits per heavy atom. The highest BCUT2D eigenvalue weighted by Gasteiger charge is 2.43. The van der Waals surface area contributed by atoms with Crippen molar-refractivity contribution in [3.8, 4) is 22.4 Å². The molecule has 1 saturated carbocycles. The van der Waals surface area contributed by atoms with Crippen LogP contribution in [0, 0.1) is 23.7 Å². The number of rotatable bonds is 10. The minimum Gasteiger partial charge on any atom is -0.453 e. The normalized spacial score (nSPS) is 24.5. The molecular weight excluding hydrogens is 761 g/mol. The zero-order valence-corrected chi connectivity index (χ0v) is 36.1. The van der Waals surface area contributed by atoms with Crippen molar-refractivity contribution in [3.63, 3.8) is 0 Å². The lowest BCUT2D eigenvalue weighted by molar-refractivity contribution is -0.136. The van der Waals surface area contributed by atoms with Crippen LogP contribution in [0.5, 0.6) is 0 Å². The number of nitrogens with zero attached hydrogens (tertiary/aromatic N) is 4. The number of benzene rings is 2. The molecule has 6 atom stereocenters. The van der Waals surface area contributed by atoms with E-state index >= 15 is 0 Å². The summed E-state index contributed by atoms with van der Waals surface area (Å²) in [6.07, 6.45) is 6.89. The first-order chi connectivity index (χ1) is 28.8. The number of carbonyl (C=O) groups is 4. The average molecular weight is 821 g/mol. The number of ether oxygens (including phenoxy) is 2. The van der Waals surface area contributed by atoms with Gasteiger partial charge in [-0.25, -0.2) is 19.6 Å². The molecule has 4 heterocycles. The number of imidazole rings is 2. The molecule has 60 heavy (non-hydrogen) atoms. The first-order valence-electron chi connectivity index (χ1n) is 21.8. The quantitative estimate of drug-likeness (QED) is 0.125. The fraction of sp³-hybridized carbons (Fsp3) is 0.565. The summed E-state index contributed by atoms with van der Waals surface area (Å²) in [6, 6.07) is 9.06. The zero-order chi connectivity index (χ0) is 42.6. The van der Waals surface area contributed by atoms with E-state index in [4.69, 9.17) is 19.4 Å². The van der Waals surface area contributed by atoms with Crippen LogP contribution in [-0.4, -0.2) is 93.1 Å². The van der Waals surface area contributed by atoms with E-state index < -0.39 is 24.3 Å². The highest BCUT2D eigenvalue weighted by atomic mass is 16.5. The second-order valence-corrected chi connectivity index (χ2v) is 18.5. The molecule has 2 aromatic heterocycles. The molecule has 320 valence electrons. The number of alkyl carbamates (subject to hydrolysis) is 2. The Morgan fingerprint density at radius 3 is 1.77 bits per heavy atom. The molecule has 2 aromatic carbocycles. The van der Waals surface area contributed by atoms with Crippen LogP contribution in [0.4, 0.5) is 9.59 Å². The van der Waals surface area contributed by atoms with Crippen molar-refractivity contribution in [1.29, 1.82) is 0 Å². The summed E-state index contributed by atoms with van der Waals surface area (Å²) in [4.78, 5) is 73.2. The van der Waals surface area contributed by atoms with E-state index in [9.17, 15) is 19.2 Å². The first-order valence-corrected chi connectivity index (χ1v) is 21.8. The van der Waals surface area contributed by atoms with Crippen LogP contribution in [0.2, 0.25) is 0 Å². The molecule has 5 aliphatic rings. The number of hydrogen-bond donors (Lipinski definition) is 4. The number of likely N-dealkylation sites (tertiary alicyclic amines) is 2. The molecule has 9 rings (SSSR count). The summed E-state index contributed by atoms with van der Waals surface area (Å²) in [5.74, 6) is 2.49. The first kappa shape index (κ1) is 41.3. The number of carbonyl (C=O) groups excluding carboxylic acids is 4. The third-order valence-corrected chi connectivity index (χ3v) is 13.5. The van der Waals surface area contributed by atoms with Crippen LogP contribution in [0.15, 0.2) is 36.5 Å². The largest absolute Gasteiger partial charge is 0.453 e. The van der Waals surface area contributed by atoms with E-state index in [2.05, 4.69) is 64.8 Å². The van der Waals surface area contributed by atoms with E-state index in [0.717, 1.165) is 59.6 Å². The van der Waals surface area contributed by atoms with Gasteiger partial charge in [0.25, 0.3) is 0 Å². The van der Waals surface area contributed by atoms with Crippen molar-refractivity contribution >= 4 is 35.0 Å². The van der Waals surface area contributed by atoms with Crippen molar-refractivity contribution in [3.05, 3.63) is 59.3 Å². The highest BCUT2D eigenvalue weighted by molar-refractivity contribution is 5.88. The molecule has 0 unspecified atom stereocenters. The van der Waals surface area contributed by atoms with Gasteiger partial charge in [0.2, 0.25) is 11.8 Å². The van der Waals surface area contributed by atoms with E-state index in [1.54, 1.807) is 0 Å². The van der Waals surface area contributed by atoms with Crippen molar-refractivity contribution in [1.82, 2.24) is 40.4 Å². The van der Waals surface area contributed by atoms with Gasteiger partial charge in [0.1, 0.15) is 23.7 Å². The Bertz CT molecular complexity index is 2270. The molecule has 14 heteroatoms. The van der Waals surface area contributed by atoms with Gasteiger partial charge in [-0.1, -0.05) is 59.7 Å². The molecule has 0 radical (unpaired) electrons. The van der Waals surface area contributed by atoms with Crippen molar-refractivity contribution in [2.24, 2.45) is 23.7 Å². The lowest BCUT2D eigenvalue weighted by Crippen LogP contribution is -2.51. The van der Waals surface area contributed by atoms with Crippen molar-refractivity contribution in [2.75, 3.05) is 27.3 Å². The summed E-state index contributed by atoms with van der Waals surface area (Å²) >= 11 is 0. The number of methoxy groups -OCH3 is 2. The van der Waals surface area contributed by atoms with Crippen LogP contribution in [0.25, 0.3) is 33.4 Å². The average Bonchev–Trinajstić information content (AvgIpc) is 4.06. The lowest BCUT2D eigenvalue weighted by Gasteiger charge is -2.41. The molecule has 0 spiro atoms. The molecule has 2 aliphatic heterocycles. The Hall–Kier alpha value is -5.40. The van der Waals surface area contributed by atoms with Crippen LogP contribution < -0.4 is 10.6 Å². The molecule has 4 N–H and O–H groups in total. The third-order valence-electron chi connectivity index (χ3n) is 13.5. The molecule has 4 aromatic rings. The number of nitrogens with one attached hydrogen (secondary N) is 4. The smallest absolute Gasteiger partial charge is 0.407 e. The monoisotopic (exact) mass is 820 g/mol. The van der Waals surface area contributed by atoms with Gasteiger partial charge in [-0.05, 0) is 108 Å². The van der Waals surface area contributed by atoms with Gasteiger partial charge in [-0.2, -0.15) is 0 Å². The molecule has 3 fully saturated rings. The SMILES string of the molecule is COC(=O)N[C@H](C(=O)N1C[C@@H](C)C[C@H]1c1ncc(-c2ccc(-c3ccc4nc([C@@H]5C[C@H](C)CN5C(=O)[C@H](NC(=O)OC)C(C)C)[nH]c4c3)c3c2C2CCC3CC2)[nH]1)C(C)C.